The van der Waals surface area contributed by atoms with Gasteiger partial charge in [-0.05, 0) is 12.8 Å². The molecule has 2 aliphatic rings. The third kappa shape index (κ3) is 3.92. The maximum absolute atomic E-state index is 5.80. The van der Waals surface area contributed by atoms with Crippen LogP contribution in [-0.2, 0) is 18.9 Å². The van der Waals surface area contributed by atoms with Crippen LogP contribution in [0.15, 0.2) is 0 Å². The van der Waals surface area contributed by atoms with Gasteiger partial charge in [-0.1, -0.05) is 26.7 Å². The Hall–Kier alpha value is -0.160. The molecule has 0 saturated carbocycles. The molecule has 0 aliphatic carbocycles. The Kier molecular flexibility index (Phi) is 5.89. The topological polar surface area (TPSA) is 36.9 Å². The SMILES string of the molecule is CCCC1COC(C2COC(CCC)OC2)OC1. The molecule has 2 fully saturated rings. The Bertz CT molecular complexity index is 194. The number of hydrogen-bond acceptors (Lipinski definition) is 4. The standard InChI is InChI=1S/C14H26O4/c1-3-5-11-7-17-14(18-8-11)12-9-15-13(6-4-2)16-10-12/h11-14H,3-10H2,1-2H3. The number of rotatable bonds is 5. The Balaban J connectivity index is 1.68. The van der Waals surface area contributed by atoms with E-state index in [0.717, 1.165) is 26.1 Å². The summed E-state index contributed by atoms with van der Waals surface area (Å²) in [6.45, 7) is 7.34. The fraction of sp³-hybridized carbons (Fsp3) is 1.00. The van der Waals surface area contributed by atoms with E-state index in [-0.39, 0.29) is 18.5 Å². The molecule has 2 saturated heterocycles. The largest absolute Gasteiger partial charge is 0.352 e. The highest BCUT2D eigenvalue weighted by molar-refractivity contribution is 4.71. The summed E-state index contributed by atoms with van der Waals surface area (Å²) in [5.41, 5.74) is 0. The van der Waals surface area contributed by atoms with Gasteiger partial charge in [0, 0.05) is 5.92 Å². The van der Waals surface area contributed by atoms with Crippen LogP contribution in [0.25, 0.3) is 0 Å². The molecule has 0 bridgehead atoms. The van der Waals surface area contributed by atoms with Crippen molar-refractivity contribution in [3.63, 3.8) is 0 Å². The van der Waals surface area contributed by atoms with Crippen molar-refractivity contribution < 1.29 is 18.9 Å². The molecule has 18 heavy (non-hydrogen) atoms. The molecular formula is C14H26O4. The monoisotopic (exact) mass is 258 g/mol. The molecule has 0 spiro atoms. The minimum absolute atomic E-state index is 0.0253. The van der Waals surface area contributed by atoms with Crippen LogP contribution in [0.1, 0.15) is 39.5 Å². The third-order valence-corrected chi connectivity index (χ3v) is 3.59. The van der Waals surface area contributed by atoms with E-state index >= 15 is 0 Å². The quantitative estimate of drug-likeness (QED) is 0.759. The van der Waals surface area contributed by atoms with E-state index in [9.17, 15) is 0 Å². The number of ether oxygens (including phenoxy) is 4. The molecule has 0 aromatic rings. The lowest BCUT2D eigenvalue weighted by molar-refractivity contribution is -0.281. The molecule has 2 aliphatic heterocycles. The second kappa shape index (κ2) is 7.43. The summed E-state index contributed by atoms with van der Waals surface area (Å²) in [6.07, 6.45) is 4.27. The van der Waals surface area contributed by atoms with Gasteiger partial charge in [-0.25, -0.2) is 0 Å². The molecule has 0 unspecified atom stereocenters. The lowest BCUT2D eigenvalue weighted by Crippen LogP contribution is -2.44. The van der Waals surface area contributed by atoms with E-state index in [1.54, 1.807) is 0 Å². The average molecular weight is 258 g/mol. The maximum atomic E-state index is 5.80. The highest BCUT2D eigenvalue weighted by Crippen LogP contribution is 2.24. The average Bonchev–Trinajstić information content (AvgIpc) is 2.41. The van der Waals surface area contributed by atoms with Gasteiger partial charge in [0.25, 0.3) is 0 Å². The second-order valence-electron chi connectivity index (χ2n) is 5.33. The first-order valence-electron chi connectivity index (χ1n) is 7.29. The summed E-state index contributed by atoms with van der Waals surface area (Å²) in [7, 11) is 0. The lowest BCUT2D eigenvalue weighted by atomic mass is 10.0. The molecule has 106 valence electrons. The Morgan fingerprint density at radius 2 is 1.39 bits per heavy atom. The van der Waals surface area contributed by atoms with E-state index in [1.165, 1.54) is 12.8 Å². The van der Waals surface area contributed by atoms with Crippen LogP contribution >= 0.6 is 0 Å². The molecule has 0 aromatic carbocycles. The van der Waals surface area contributed by atoms with Crippen LogP contribution < -0.4 is 0 Å². The van der Waals surface area contributed by atoms with Gasteiger partial charge in [-0.2, -0.15) is 0 Å². The second-order valence-corrected chi connectivity index (χ2v) is 5.33. The molecule has 0 amide bonds. The van der Waals surface area contributed by atoms with Crippen molar-refractivity contribution in [2.24, 2.45) is 11.8 Å². The van der Waals surface area contributed by atoms with Crippen LogP contribution in [-0.4, -0.2) is 39.0 Å². The van der Waals surface area contributed by atoms with E-state index in [1.807, 2.05) is 0 Å². The zero-order chi connectivity index (χ0) is 12.8. The van der Waals surface area contributed by atoms with Crippen molar-refractivity contribution in [2.45, 2.75) is 52.1 Å². The molecule has 0 radical (unpaired) electrons. The Labute approximate surface area is 110 Å². The molecule has 2 heterocycles. The van der Waals surface area contributed by atoms with E-state index in [4.69, 9.17) is 18.9 Å². The predicted octanol–water partition coefficient (Wildman–Crippen LogP) is 2.56. The Morgan fingerprint density at radius 3 is 1.94 bits per heavy atom. The van der Waals surface area contributed by atoms with Gasteiger partial charge >= 0.3 is 0 Å². The first-order chi connectivity index (χ1) is 8.83. The van der Waals surface area contributed by atoms with Gasteiger partial charge in [0.15, 0.2) is 12.6 Å². The van der Waals surface area contributed by atoms with Crippen LogP contribution in [0.4, 0.5) is 0 Å². The predicted molar refractivity (Wildman–Crippen MR) is 68.2 cm³/mol. The fourth-order valence-electron chi connectivity index (χ4n) is 2.52. The lowest BCUT2D eigenvalue weighted by Gasteiger charge is -2.37. The van der Waals surface area contributed by atoms with Gasteiger partial charge in [0.1, 0.15) is 0 Å². The molecule has 2 rings (SSSR count). The maximum Gasteiger partial charge on any atom is 0.164 e. The molecule has 0 atom stereocenters. The summed E-state index contributed by atoms with van der Waals surface area (Å²) in [5, 5.41) is 0. The summed E-state index contributed by atoms with van der Waals surface area (Å²) >= 11 is 0. The minimum atomic E-state index is -0.138. The molecule has 4 heteroatoms. The van der Waals surface area contributed by atoms with E-state index < -0.39 is 0 Å². The van der Waals surface area contributed by atoms with Crippen molar-refractivity contribution in [1.82, 2.24) is 0 Å². The van der Waals surface area contributed by atoms with Crippen molar-refractivity contribution in [1.29, 1.82) is 0 Å². The van der Waals surface area contributed by atoms with Crippen molar-refractivity contribution in [3.8, 4) is 0 Å². The van der Waals surface area contributed by atoms with Gasteiger partial charge in [-0.3, -0.25) is 0 Å². The summed E-state index contributed by atoms with van der Waals surface area (Å²) in [6, 6.07) is 0. The van der Waals surface area contributed by atoms with Gasteiger partial charge in [0.05, 0.1) is 32.3 Å². The van der Waals surface area contributed by atoms with Gasteiger partial charge < -0.3 is 18.9 Å². The van der Waals surface area contributed by atoms with Gasteiger partial charge in [0.2, 0.25) is 0 Å². The zero-order valence-corrected chi connectivity index (χ0v) is 11.6. The third-order valence-electron chi connectivity index (χ3n) is 3.59. The highest BCUT2D eigenvalue weighted by atomic mass is 16.7. The summed E-state index contributed by atoms with van der Waals surface area (Å²) < 4.78 is 22.9. The zero-order valence-electron chi connectivity index (χ0n) is 11.6. The van der Waals surface area contributed by atoms with E-state index in [0.29, 0.717) is 19.1 Å². The normalized spacial score (nSPS) is 37.7. The summed E-state index contributed by atoms with van der Waals surface area (Å²) in [4.78, 5) is 0. The van der Waals surface area contributed by atoms with Crippen molar-refractivity contribution in [2.75, 3.05) is 26.4 Å². The van der Waals surface area contributed by atoms with Gasteiger partial charge in [-0.15, -0.1) is 0 Å². The van der Waals surface area contributed by atoms with Crippen LogP contribution in [0.5, 0.6) is 0 Å². The van der Waals surface area contributed by atoms with Crippen molar-refractivity contribution >= 4 is 0 Å². The van der Waals surface area contributed by atoms with Crippen LogP contribution in [0, 0.1) is 11.8 Å². The minimum Gasteiger partial charge on any atom is -0.352 e. The first kappa shape index (κ1) is 14.3. The smallest absolute Gasteiger partial charge is 0.164 e. The van der Waals surface area contributed by atoms with E-state index in [2.05, 4.69) is 13.8 Å². The molecule has 0 N–H and O–H groups in total. The van der Waals surface area contributed by atoms with Crippen LogP contribution in [0.2, 0.25) is 0 Å². The molecule has 4 nitrogen and oxygen atoms in total. The van der Waals surface area contributed by atoms with Crippen molar-refractivity contribution in [3.05, 3.63) is 0 Å². The number of hydrogen-bond donors (Lipinski definition) is 0. The Morgan fingerprint density at radius 1 is 0.778 bits per heavy atom. The summed E-state index contributed by atoms with van der Waals surface area (Å²) in [5.74, 6) is 0.783. The molecular weight excluding hydrogens is 232 g/mol. The van der Waals surface area contributed by atoms with Crippen LogP contribution in [0.3, 0.4) is 0 Å². The first-order valence-corrected chi connectivity index (χ1v) is 7.29. The highest BCUT2D eigenvalue weighted by Gasteiger charge is 2.33. The fourth-order valence-corrected chi connectivity index (χ4v) is 2.52. The molecule has 0 aromatic heterocycles.